The molecule has 1 aliphatic heterocycles. The molecular weight excluding hydrogens is 458 g/mol. The van der Waals surface area contributed by atoms with Gasteiger partial charge in [-0.25, -0.2) is 9.78 Å². The number of carbonyl (C=O) groups is 1. The Kier molecular flexibility index (Phi) is 5.97. The van der Waals surface area contributed by atoms with E-state index in [0.29, 0.717) is 17.5 Å². The number of alkyl carbamates (subject to hydrolysis) is 1. The molecule has 0 radical (unpaired) electrons. The molecule has 0 spiro atoms. The second-order valence-electron chi connectivity index (χ2n) is 10.1. The SMILES string of the molecule is CC(C)(C)OC(=O)NC1(c2ccc(-c3nc4c(cc3-c3ccccc3)NC(=S)CO4)cc2)CCC1. The third kappa shape index (κ3) is 4.86. The summed E-state index contributed by atoms with van der Waals surface area (Å²) in [5.41, 5.74) is 4.76. The molecule has 35 heavy (non-hydrogen) atoms. The normalized spacial score (nSPS) is 16.3. The number of carbonyl (C=O) groups excluding carboxylic acids is 1. The van der Waals surface area contributed by atoms with Crippen LogP contribution in [0.3, 0.4) is 0 Å². The Morgan fingerprint density at radius 1 is 1.09 bits per heavy atom. The van der Waals surface area contributed by atoms with Gasteiger partial charge in [0.1, 0.15) is 22.9 Å². The Bertz CT molecular complexity index is 1260. The van der Waals surface area contributed by atoms with Crippen LogP contribution >= 0.6 is 12.2 Å². The van der Waals surface area contributed by atoms with Gasteiger partial charge in [0.25, 0.3) is 0 Å². The summed E-state index contributed by atoms with van der Waals surface area (Å²) in [6.45, 7) is 5.93. The van der Waals surface area contributed by atoms with Crippen molar-refractivity contribution in [2.45, 2.75) is 51.2 Å². The number of rotatable bonds is 4. The minimum atomic E-state index is -0.536. The van der Waals surface area contributed by atoms with Crippen LogP contribution < -0.4 is 15.4 Å². The number of hydrogen-bond donors (Lipinski definition) is 2. The number of pyridine rings is 1. The fourth-order valence-electron chi connectivity index (χ4n) is 4.54. The predicted octanol–water partition coefficient (Wildman–Crippen LogP) is 6.45. The van der Waals surface area contributed by atoms with Crippen molar-refractivity contribution < 1.29 is 14.3 Å². The second kappa shape index (κ2) is 8.96. The van der Waals surface area contributed by atoms with Crippen molar-refractivity contribution in [2.24, 2.45) is 0 Å². The monoisotopic (exact) mass is 487 g/mol. The van der Waals surface area contributed by atoms with Gasteiger partial charge in [0.05, 0.1) is 11.2 Å². The predicted molar refractivity (Wildman–Crippen MR) is 142 cm³/mol. The second-order valence-corrected chi connectivity index (χ2v) is 10.6. The highest BCUT2D eigenvalue weighted by Gasteiger charge is 2.41. The summed E-state index contributed by atoms with van der Waals surface area (Å²) >= 11 is 5.29. The van der Waals surface area contributed by atoms with E-state index < -0.39 is 11.1 Å². The molecule has 2 aliphatic rings. The van der Waals surface area contributed by atoms with E-state index in [2.05, 4.69) is 47.0 Å². The maximum Gasteiger partial charge on any atom is 0.408 e. The molecule has 1 aromatic heterocycles. The number of fused-ring (bicyclic) bond motifs is 1. The minimum absolute atomic E-state index is 0.317. The Labute approximate surface area is 211 Å². The number of nitrogens with zero attached hydrogens (tertiary/aromatic N) is 1. The average Bonchev–Trinajstić information content (AvgIpc) is 2.80. The first-order valence-corrected chi connectivity index (χ1v) is 12.3. The first-order chi connectivity index (χ1) is 16.7. The van der Waals surface area contributed by atoms with Crippen molar-refractivity contribution >= 4 is 29.0 Å². The summed E-state index contributed by atoms with van der Waals surface area (Å²) < 4.78 is 11.3. The van der Waals surface area contributed by atoms with Crippen LogP contribution in [0.25, 0.3) is 22.4 Å². The van der Waals surface area contributed by atoms with Gasteiger partial charge in [-0.1, -0.05) is 66.8 Å². The van der Waals surface area contributed by atoms with Crippen LogP contribution in [0.1, 0.15) is 45.6 Å². The van der Waals surface area contributed by atoms with Crippen LogP contribution in [0.4, 0.5) is 10.5 Å². The van der Waals surface area contributed by atoms with Crippen LogP contribution in [0.2, 0.25) is 0 Å². The molecule has 5 rings (SSSR count). The van der Waals surface area contributed by atoms with Gasteiger partial charge in [-0.05, 0) is 57.2 Å². The summed E-state index contributed by atoms with van der Waals surface area (Å²) in [6.07, 6.45) is 2.45. The maximum atomic E-state index is 12.5. The van der Waals surface area contributed by atoms with Gasteiger partial charge in [0.2, 0.25) is 5.88 Å². The zero-order valence-electron chi connectivity index (χ0n) is 20.2. The fraction of sp³-hybridized carbons (Fsp3) is 0.321. The topological polar surface area (TPSA) is 72.5 Å². The summed E-state index contributed by atoms with van der Waals surface area (Å²) in [7, 11) is 0. The summed E-state index contributed by atoms with van der Waals surface area (Å²) in [4.78, 5) is 18.0. The molecule has 2 N–H and O–H groups in total. The number of amides is 1. The van der Waals surface area contributed by atoms with E-state index in [4.69, 9.17) is 26.7 Å². The van der Waals surface area contributed by atoms with Crippen LogP contribution in [-0.4, -0.2) is 28.3 Å². The van der Waals surface area contributed by atoms with E-state index in [1.165, 1.54) is 0 Å². The van der Waals surface area contributed by atoms with Crippen molar-refractivity contribution in [1.29, 1.82) is 0 Å². The van der Waals surface area contributed by atoms with E-state index in [1.54, 1.807) is 0 Å². The number of thiocarbonyl (C=S) groups is 1. The van der Waals surface area contributed by atoms with E-state index in [-0.39, 0.29) is 6.09 Å². The van der Waals surface area contributed by atoms with E-state index >= 15 is 0 Å². The third-order valence-electron chi connectivity index (χ3n) is 6.34. The highest BCUT2D eigenvalue weighted by atomic mass is 32.1. The molecule has 1 amide bonds. The Hall–Kier alpha value is -3.45. The summed E-state index contributed by atoms with van der Waals surface area (Å²) in [6, 6.07) is 20.5. The molecule has 3 aromatic rings. The molecule has 180 valence electrons. The molecule has 1 aliphatic carbocycles. The quantitative estimate of drug-likeness (QED) is 0.412. The van der Waals surface area contributed by atoms with Crippen molar-refractivity contribution in [3.63, 3.8) is 0 Å². The van der Waals surface area contributed by atoms with Crippen LogP contribution in [-0.2, 0) is 10.3 Å². The molecule has 6 nitrogen and oxygen atoms in total. The lowest BCUT2D eigenvalue weighted by molar-refractivity contribution is 0.0377. The minimum Gasteiger partial charge on any atom is -0.469 e. The molecule has 2 heterocycles. The maximum absolute atomic E-state index is 12.5. The Morgan fingerprint density at radius 3 is 2.43 bits per heavy atom. The number of aromatic nitrogens is 1. The van der Waals surface area contributed by atoms with Gasteiger partial charge in [-0.3, -0.25) is 0 Å². The van der Waals surface area contributed by atoms with E-state index in [9.17, 15) is 4.79 Å². The Morgan fingerprint density at radius 2 is 1.80 bits per heavy atom. The number of ether oxygens (including phenoxy) is 2. The average molecular weight is 488 g/mol. The number of nitrogens with one attached hydrogen (secondary N) is 2. The lowest BCUT2D eigenvalue weighted by Crippen LogP contribution is -2.52. The van der Waals surface area contributed by atoms with Crippen molar-refractivity contribution in [3.05, 3.63) is 66.2 Å². The number of benzene rings is 2. The molecule has 1 saturated carbocycles. The largest absolute Gasteiger partial charge is 0.469 e. The van der Waals surface area contributed by atoms with Gasteiger partial charge < -0.3 is 20.1 Å². The zero-order chi connectivity index (χ0) is 24.6. The standard InChI is InChI=1S/C28H29N3O3S/c1-27(2,3)34-26(32)31-28(14-7-15-28)20-12-10-19(11-13-20)24-21(18-8-5-4-6-9-18)16-22-25(30-24)33-17-23(35)29-22/h4-6,8-13,16H,7,14-15,17H2,1-3H3,(H,29,35)(H,31,32). The van der Waals surface area contributed by atoms with Gasteiger partial charge in [-0.15, -0.1) is 0 Å². The lowest BCUT2D eigenvalue weighted by atomic mass is 9.71. The summed E-state index contributed by atoms with van der Waals surface area (Å²) in [5.74, 6) is 0.541. The van der Waals surface area contributed by atoms with Gasteiger partial charge >= 0.3 is 6.09 Å². The highest BCUT2D eigenvalue weighted by Crippen LogP contribution is 2.43. The molecule has 1 fully saturated rings. The van der Waals surface area contributed by atoms with E-state index in [1.807, 2.05) is 45.0 Å². The molecule has 0 unspecified atom stereocenters. The number of anilines is 1. The van der Waals surface area contributed by atoms with Crippen molar-refractivity contribution in [2.75, 3.05) is 11.9 Å². The lowest BCUT2D eigenvalue weighted by Gasteiger charge is -2.43. The smallest absolute Gasteiger partial charge is 0.408 e. The van der Waals surface area contributed by atoms with Gasteiger partial charge in [-0.2, -0.15) is 0 Å². The van der Waals surface area contributed by atoms with Gasteiger partial charge in [0, 0.05) is 11.1 Å². The number of hydrogen-bond acceptors (Lipinski definition) is 5. The summed E-state index contributed by atoms with van der Waals surface area (Å²) in [5, 5.41) is 6.35. The molecular formula is C28H29N3O3S. The fourth-order valence-corrected chi connectivity index (χ4v) is 4.71. The van der Waals surface area contributed by atoms with Crippen LogP contribution in [0, 0.1) is 0 Å². The first kappa shape index (κ1) is 23.3. The molecule has 2 aromatic carbocycles. The van der Waals surface area contributed by atoms with Crippen molar-refractivity contribution in [1.82, 2.24) is 10.3 Å². The van der Waals surface area contributed by atoms with Gasteiger partial charge in [0.15, 0.2) is 0 Å². The molecule has 0 atom stereocenters. The van der Waals surface area contributed by atoms with Crippen LogP contribution in [0.15, 0.2) is 60.7 Å². The van der Waals surface area contributed by atoms with Crippen LogP contribution in [0.5, 0.6) is 5.88 Å². The molecule has 0 saturated heterocycles. The zero-order valence-corrected chi connectivity index (χ0v) is 21.0. The Balaban J connectivity index is 1.49. The van der Waals surface area contributed by atoms with E-state index in [0.717, 1.165) is 52.9 Å². The molecule has 7 heteroatoms. The third-order valence-corrected chi connectivity index (χ3v) is 6.56. The molecule has 0 bridgehead atoms. The van der Waals surface area contributed by atoms with Crippen molar-refractivity contribution in [3.8, 4) is 28.3 Å². The highest BCUT2D eigenvalue weighted by molar-refractivity contribution is 7.80. The first-order valence-electron chi connectivity index (χ1n) is 11.9.